The van der Waals surface area contributed by atoms with Crippen LogP contribution < -0.4 is 11.3 Å². The van der Waals surface area contributed by atoms with Crippen molar-refractivity contribution in [2.45, 2.75) is 45.1 Å². The van der Waals surface area contributed by atoms with Crippen molar-refractivity contribution in [3.63, 3.8) is 0 Å². The van der Waals surface area contributed by atoms with Crippen LogP contribution >= 0.6 is 0 Å². The van der Waals surface area contributed by atoms with Crippen LogP contribution in [0, 0.1) is 0 Å². The van der Waals surface area contributed by atoms with Gasteiger partial charge >= 0.3 is 0 Å². The molecule has 3 nitrogen and oxygen atoms in total. The highest BCUT2D eigenvalue weighted by Crippen LogP contribution is 2.19. The molecule has 1 aromatic rings. The number of nitrogens with one attached hydrogen (secondary N) is 1. The molecule has 3 heteroatoms. The van der Waals surface area contributed by atoms with Gasteiger partial charge < -0.3 is 10.7 Å². The second kappa shape index (κ2) is 4.19. The van der Waals surface area contributed by atoms with Gasteiger partial charge in [-0.2, -0.15) is 0 Å². The summed E-state index contributed by atoms with van der Waals surface area (Å²) in [5.74, 6) is 0. The van der Waals surface area contributed by atoms with Crippen LogP contribution in [0.15, 0.2) is 10.9 Å². The Kier molecular flexibility index (Phi) is 2.91. The molecular formula is C12H18N2O. The highest BCUT2D eigenvalue weighted by Gasteiger charge is 2.13. The normalized spacial score (nSPS) is 18.0. The van der Waals surface area contributed by atoms with Gasteiger partial charge in [-0.3, -0.25) is 4.79 Å². The van der Waals surface area contributed by atoms with E-state index in [1.807, 2.05) is 13.0 Å². The summed E-state index contributed by atoms with van der Waals surface area (Å²) in [5.41, 5.74) is 8.89. The summed E-state index contributed by atoms with van der Waals surface area (Å²) in [6, 6.07) is 1.83. The van der Waals surface area contributed by atoms with Gasteiger partial charge in [0.05, 0.1) is 0 Å². The lowest BCUT2D eigenvalue weighted by Crippen LogP contribution is -2.22. The van der Waals surface area contributed by atoms with Gasteiger partial charge in [0.2, 0.25) is 0 Å². The van der Waals surface area contributed by atoms with Crippen molar-refractivity contribution >= 4 is 0 Å². The van der Waals surface area contributed by atoms with E-state index in [0.29, 0.717) is 0 Å². The van der Waals surface area contributed by atoms with Crippen LogP contribution in [0.1, 0.15) is 49.0 Å². The monoisotopic (exact) mass is 206 g/mol. The zero-order valence-corrected chi connectivity index (χ0v) is 9.18. The number of hydrogen-bond donors (Lipinski definition) is 2. The summed E-state index contributed by atoms with van der Waals surface area (Å²) in [6.07, 6.45) is 5.73. The Morgan fingerprint density at radius 3 is 2.80 bits per heavy atom. The van der Waals surface area contributed by atoms with Crippen LogP contribution in [-0.2, 0) is 12.8 Å². The van der Waals surface area contributed by atoms with Gasteiger partial charge in [0, 0.05) is 17.3 Å². The molecule has 0 radical (unpaired) electrons. The van der Waals surface area contributed by atoms with Gasteiger partial charge in [-0.05, 0) is 44.2 Å². The third-order valence-electron chi connectivity index (χ3n) is 3.11. The molecule has 0 spiro atoms. The predicted molar refractivity (Wildman–Crippen MR) is 60.9 cm³/mol. The number of H-pyrrole nitrogens is 1. The highest BCUT2D eigenvalue weighted by molar-refractivity contribution is 5.28. The van der Waals surface area contributed by atoms with E-state index in [-0.39, 0.29) is 11.6 Å². The average Bonchev–Trinajstić information content (AvgIpc) is 2.40. The topological polar surface area (TPSA) is 58.9 Å². The molecule has 1 aromatic heterocycles. The molecular weight excluding hydrogens is 188 g/mol. The summed E-state index contributed by atoms with van der Waals surface area (Å²) < 4.78 is 0. The van der Waals surface area contributed by atoms with Crippen molar-refractivity contribution in [3.8, 4) is 0 Å². The van der Waals surface area contributed by atoms with Crippen LogP contribution in [-0.4, -0.2) is 4.98 Å². The Morgan fingerprint density at radius 1 is 1.33 bits per heavy atom. The van der Waals surface area contributed by atoms with E-state index in [9.17, 15) is 4.79 Å². The van der Waals surface area contributed by atoms with Crippen molar-refractivity contribution in [1.82, 2.24) is 4.98 Å². The number of rotatable bonds is 1. The SMILES string of the molecule is C[C@@H](N)c1cc2c([nH]c1=O)CCCCC2. The van der Waals surface area contributed by atoms with Crippen LogP contribution in [0.2, 0.25) is 0 Å². The minimum atomic E-state index is -0.178. The third kappa shape index (κ3) is 2.12. The molecule has 0 bridgehead atoms. The van der Waals surface area contributed by atoms with E-state index in [0.717, 1.165) is 24.1 Å². The van der Waals surface area contributed by atoms with Crippen molar-refractivity contribution in [2.24, 2.45) is 5.73 Å². The largest absolute Gasteiger partial charge is 0.326 e. The first-order valence-corrected chi connectivity index (χ1v) is 5.69. The maximum Gasteiger partial charge on any atom is 0.252 e. The van der Waals surface area contributed by atoms with E-state index >= 15 is 0 Å². The third-order valence-corrected chi connectivity index (χ3v) is 3.11. The maximum absolute atomic E-state index is 11.7. The first-order chi connectivity index (χ1) is 7.18. The Balaban J connectivity index is 2.47. The van der Waals surface area contributed by atoms with Gasteiger partial charge in [-0.15, -0.1) is 0 Å². The van der Waals surface area contributed by atoms with Crippen LogP contribution in [0.25, 0.3) is 0 Å². The second-order valence-electron chi connectivity index (χ2n) is 4.41. The zero-order valence-electron chi connectivity index (χ0n) is 9.18. The van der Waals surface area contributed by atoms with E-state index in [1.165, 1.54) is 24.8 Å². The van der Waals surface area contributed by atoms with Crippen molar-refractivity contribution in [2.75, 3.05) is 0 Å². The van der Waals surface area contributed by atoms with E-state index < -0.39 is 0 Å². The number of aromatic amines is 1. The molecule has 82 valence electrons. The van der Waals surface area contributed by atoms with Crippen LogP contribution in [0.4, 0.5) is 0 Å². The van der Waals surface area contributed by atoms with Crippen LogP contribution in [0.3, 0.4) is 0 Å². The fourth-order valence-corrected chi connectivity index (χ4v) is 2.21. The molecule has 1 aliphatic rings. The molecule has 3 N–H and O–H groups in total. The second-order valence-corrected chi connectivity index (χ2v) is 4.41. The number of aromatic nitrogens is 1. The lowest BCUT2D eigenvalue weighted by atomic mass is 10.0. The van der Waals surface area contributed by atoms with Crippen molar-refractivity contribution in [1.29, 1.82) is 0 Å². The zero-order chi connectivity index (χ0) is 10.8. The van der Waals surface area contributed by atoms with Gasteiger partial charge in [-0.25, -0.2) is 0 Å². The molecule has 0 aliphatic heterocycles. The molecule has 0 saturated heterocycles. The number of aryl methyl sites for hydroxylation is 2. The molecule has 1 atom stereocenters. The molecule has 0 unspecified atom stereocenters. The van der Waals surface area contributed by atoms with Crippen molar-refractivity contribution in [3.05, 3.63) is 33.2 Å². The number of pyridine rings is 1. The molecule has 0 saturated carbocycles. The van der Waals surface area contributed by atoms with Gasteiger partial charge in [0.15, 0.2) is 0 Å². The average molecular weight is 206 g/mol. The fourth-order valence-electron chi connectivity index (χ4n) is 2.21. The summed E-state index contributed by atoms with van der Waals surface area (Å²) in [7, 11) is 0. The maximum atomic E-state index is 11.7. The first kappa shape index (κ1) is 10.4. The highest BCUT2D eigenvalue weighted by atomic mass is 16.1. The summed E-state index contributed by atoms with van der Waals surface area (Å²) >= 11 is 0. The summed E-state index contributed by atoms with van der Waals surface area (Å²) in [5, 5.41) is 0. The molecule has 1 aliphatic carbocycles. The Bertz CT molecular complexity index is 407. The standard InChI is InChI=1S/C12H18N2O/c1-8(13)10-7-9-5-3-2-4-6-11(9)14-12(10)15/h7-8H,2-6,13H2,1H3,(H,14,15)/t8-/m1/s1. The summed E-state index contributed by atoms with van der Waals surface area (Å²) in [6.45, 7) is 1.85. The molecule has 15 heavy (non-hydrogen) atoms. The van der Waals surface area contributed by atoms with Gasteiger partial charge in [-0.1, -0.05) is 6.42 Å². The molecule has 0 aromatic carbocycles. The van der Waals surface area contributed by atoms with E-state index in [1.54, 1.807) is 0 Å². The minimum Gasteiger partial charge on any atom is -0.326 e. The molecule has 2 rings (SSSR count). The molecule has 1 heterocycles. The van der Waals surface area contributed by atoms with Crippen LogP contribution in [0.5, 0.6) is 0 Å². The Morgan fingerprint density at radius 2 is 2.07 bits per heavy atom. The molecule has 0 fully saturated rings. The Hall–Kier alpha value is -1.09. The van der Waals surface area contributed by atoms with E-state index in [4.69, 9.17) is 5.73 Å². The molecule has 0 amide bonds. The van der Waals surface area contributed by atoms with Gasteiger partial charge in [0.1, 0.15) is 0 Å². The lowest BCUT2D eigenvalue weighted by Gasteiger charge is -2.10. The summed E-state index contributed by atoms with van der Waals surface area (Å²) in [4.78, 5) is 14.7. The van der Waals surface area contributed by atoms with Gasteiger partial charge in [0.25, 0.3) is 5.56 Å². The first-order valence-electron chi connectivity index (χ1n) is 5.69. The van der Waals surface area contributed by atoms with E-state index in [2.05, 4.69) is 4.98 Å². The fraction of sp³-hybridized carbons (Fsp3) is 0.583. The number of hydrogen-bond acceptors (Lipinski definition) is 2. The smallest absolute Gasteiger partial charge is 0.252 e. The quantitative estimate of drug-likeness (QED) is 0.686. The lowest BCUT2D eigenvalue weighted by molar-refractivity contribution is 0.708. The van der Waals surface area contributed by atoms with Crippen molar-refractivity contribution < 1.29 is 0 Å². The Labute approximate surface area is 89.7 Å². The number of nitrogens with two attached hydrogens (primary N) is 1. The number of fused-ring (bicyclic) bond motifs is 1. The minimum absolute atomic E-state index is 0.00866. The predicted octanol–water partition coefficient (Wildman–Crippen LogP) is 1.66.